The fourth-order valence-electron chi connectivity index (χ4n) is 3.71. The zero-order valence-electron chi connectivity index (χ0n) is 18.3. The molecule has 1 aromatic heterocycles. The van der Waals surface area contributed by atoms with Crippen molar-refractivity contribution in [3.63, 3.8) is 0 Å². The maximum atomic E-state index is 14.4. The molecule has 172 valence electrons. The van der Waals surface area contributed by atoms with Crippen LogP contribution in [0.2, 0.25) is 5.02 Å². The second-order valence-electron chi connectivity index (χ2n) is 7.72. The van der Waals surface area contributed by atoms with Crippen molar-refractivity contribution in [1.29, 1.82) is 0 Å². The molecular weight excluding hydrogens is 465 g/mol. The quantitative estimate of drug-likeness (QED) is 0.387. The average Bonchev–Trinajstić information content (AvgIpc) is 3.17. The molecule has 1 aliphatic heterocycles. The van der Waals surface area contributed by atoms with Gasteiger partial charge in [-0.2, -0.15) is 0 Å². The van der Waals surface area contributed by atoms with E-state index in [0.29, 0.717) is 53.4 Å². The van der Waals surface area contributed by atoms with Crippen LogP contribution in [0, 0.1) is 5.82 Å². The Morgan fingerprint density at radius 3 is 2.48 bits per heavy atom. The minimum absolute atomic E-state index is 0.00524. The van der Waals surface area contributed by atoms with Crippen LogP contribution >= 0.6 is 23.4 Å². The van der Waals surface area contributed by atoms with E-state index >= 15 is 0 Å². The molecule has 0 spiro atoms. The maximum absolute atomic E-state index is 14.4. The van der Waals surface area contributed by atoms with Gasteiger partial charge < -0.3 is 14.4 Å². The van der Waals surface area contributed by atoms with Gasteiger partial charge in [0, 0.05) is 44.4 Å². The highest BCUT2D eigenvalue weighted by atomic mass is 35.5. The largest absolute Gasteiger partial charge is 0.366 e. The summed E-state index contributed by atoms with van der Waals surface area (Å²) in [5.74, 6) is 0.275. The predicted octanol–water partition coefficient (Wildman–Crippen LogP) is 3.92. The van der Waals surface area contributed by atoms with Crippen molar-refractivity contribution in [1.82, 2.24) is 19.7 Å². The van der Waals surface area contributed by atoms with Crippen molar-refractivity contribution in [2.75, 3.05) is 36.8 Å². The molecule has 0 unspecified atom stereocenters. The summed E-state index contributed by atoms with van der Waals surface area (Å²) in [5.41, 5.74) is 1.59. The number of nitrogens with zero attached hydrogens (tertiary/aromatic N) is 5. The Morgan fingerprint density at radius 1 is 1.09 bits per heavy atom. The van der Waals surface area contributed by atoms with Crippen LogP contribution < -0.4 is 4.90 Å². The van der Waals surface area contributed by atoms with E-state index in [1.54, 1.807) is 23.1 Å². The van der Waals surface area contributed by atoms with Crippen molar-refractivity contribution >= 4 is 40.7 Å². The molecule has 1 saturated heterocycles. The Bertz CT molecular complexity index is 1190. The fourth-order valence-corrected chi connectivity index (χ4v) is 4.75. The van der Waals surface area contributed by atoms with Crippen LogP contribution in [0.5, 0.6) is 0 Å². The third-order valence-electron chi connectivity index (χ3n) is 5.60. The first-order chi connectivity index (χ1) is 15.8. The number of carbonyl (C=O) groups is 2. The number of carbonyl (C=O) groups excluding carboxylic acids is 2. The Kier molecular flexibility index (Phi) is 6.99. The molecule has 2 heterocycles. The van der Waals surface area contributed by atoms with E-state index in [9.17, 15) is 14.0 Å². The smallest absolute Gasteiger partial charge is 0.233 e. The molecule has 33 heavy (non-hydrogen) atoms. The van der Waals surface area contributed by atoms with Crippen LogP contribution in [0.1, 0.15) is 17.3 Å². The number of rotatable bonds is 6. The van der Waals surface area contributed by atoms with Gasteiger partial charge in [-0.3, -0.25) is 9.59 Å². The van der Waals surface area contributed by atoms with Crippen LogP contribution in [0.4, 0.5) is 10.1 Å². The number of halogens is 2. The highest BCUT2D eigenvalue weighted by molar-refractivity contribution is 7.99. The van der Waals surface area contributed by atoms with Gasteiger partial charge in [0.25, 0.3) is 0 Å². The Balaban J connectivity index is 1.33. The van der Waals surface area contributed by atoms with Gasteiger partial charge >= 0.3 is 0 Å². The molecule has 0 atom stereocenters. The third-order valence-corrected chi connectivity index (χ3v) is 6.94. The molecule has 0 N–H and O–H groups in total. The standard InChI is InChI=1S/C23H23ClFN5O2S/c1-15(31)16-7-8-20(19(25)13-16)29-9-11-30(12-10-29)21(32)14-33-23-27-26-22(28(23)2)17-5-3-4-6-18(17)24/h3-8,13H,9-12,14H2,1-2H3. The number of benzene rings is 2. The fraction of sp³-hybridized carbons (Fsp3) is 0.304. The number of piperazine rings is 1. The molecular formula is C23H23ClFN5O2S. The number of hydrogen-bond acceptors (Lipinski definition) is 6. The van der Waals surface area contributed by atoms with Gasteiger partial charge in [0.2, 0.25) is 5.91 Å². The molecule has 10 heteroatoms. The molecule has 2 aromatic carbocycles. The summed E-state index contributed by atoms with van der Waals surface area (Å²) >= 11 is 7.59. The SMILES string of the molecule is CC(=O)c1ccc(N2CCN(C(=O)CSc3nnc(-c4ccccc4Cl)n3C)CC2)c(F)c1. The van der Waals surface area contributed by atoms with Crippen molar-refractivity contribution in [2.45, 2.75) is 12.1 Å². The lowest BCUT2D eigenvalue weighted by Crippen LogP contribution is -2.49. The number of ketones is 1. The first kappa shape index (κ1) is 23.3. The van der Waals surface area contributed by atoms with E-state index in [2.05, 4.69) is 10.2 Å². The summed E-state index contributed by atoms with van der Waals surface area (Å²) in [6, 6.07) is 11.9. The molecule has 0 saturated carbocycles. The summed E-state index contributed by atoms with van der Waals surface area (Å²) < 4.78 is 16.3. The van der Waals surface area contributed by atoms with E-state index < -0.39 is 5.82 Å². The zero-order valence-corrected chi connectivity index (χ0v) is 19.9. The molecule has 1 amide bonds. The van der Waals surface area contributed by atoms with Crippen molar-refractivity contribution in [3.05, 3.63) is 58.9 Å². The van der Waals surface area contributed by atoms with Crippen LogP contribution in [-0.2, 0) is 11.8 Å². The van der Waals surface area contributed by atoms with E-state index in [1.165, 1.54) is 24.8 Å². The number of hydrogen-bond donors (Lipinski definition) is 0. The lowest BCUT2D eigenvalue weighted by molar-refractivity contribution is -0.128. The number of amides is 1. The summed E-state index contributed by atoms with van der Waals surface area (Å²) in [5, 5.41) is 9.65. The second kappa shape index (κ2) is 9.93. The molecule has 3 aromatic rings. The van der Waals surface area contributed by atoms with Gasteiger partial charge in [0.05, 0.1) is 16.5 Å². The molecule has 0 radical (unpaired) electrons. The number of aromatic nitrogens is 3. The lowest BCUT2D eigenvalue weighted by atomic mass is 10.1. The summed E-state index contributed by atoms with van der Waals surface area (Å²) in [7, 11) is 1.84. The van der Waals surface area contributed by atoms with Crippen LogP contribution in [0.3, 0.4) is 0 Å². The second-order valence-corrected chi connectivity index (χ2v) is 9.07. The molecule has 7 nitrogen and oxygen atoms in total. The topological polar surface area (TPSA) is 71.3 Å². The minimum atomic E-state index is -0.422. The van der Waals surface area contributed by atoms with E-state index in [-0.39, 0.29) is 17.4 Å². The van der Waals surface area contributed by atoms with E-state index in [1.807, 2.05) is 34.7 Å². The van der Waals surface area contributed by atoms with Crippen molar-refractivity contribution in [2.24, 2.45) is 7.05 Å². The Morgan fingerprint density at radius 2 is 1.82 bits per heavy atom. The van der Waals surface area contributed by atoms with Crippen molar-refractivity contribution < 1.29 is 14.0 Å². The third kappa shape index (κ3) is 5.04. The number of Topliss-reactive ketones (excluding diaryl/α,β-unsaturated/α-hetero) is 1. The lowest BCUT2D eigenvalue weighted by Gasteiger charge is -2.36. The number of anilines is 1. The molecule has 1 fully saturated rings. The van der Waals surface area contributed by atoms with Gasteiger partial charge in [-0.25, -0.2) is 4.39 Å². The zero-order chi connectivity index (χ0) is 23.5. The molecule has 0 bridgehead atoms. The monoisotopic (exact) mass is 487 g/mol. The maximum Gasteiger partial charge on any atom is 0.233 e. The highest BCUT2D eigenvalue weighted by Gasteiger charge is 2.24. The molecule has 1 aliphatic rings. The van der Waals surface area contributed by atoms with Crippen molar-refractivity contribution in [3.8, 4) is 11.4 Å². The molecule has 4 rings (SSSR count). The van der Waals surface area contributed by atoms with Gasteiger partial charge in [-0.05, 0) is 37.3 Å². The first-order valence-electron chi connectivity index (χ1n) is 10.5. The summed E-state index contributed by atoms with van der Waals surface area (Å²) in [4.78, 5) is 27.8. The predicted molar refractivity (Wildman–Crippen MR) is 127 cm³/mol. The molecule has 0 aliphatic carbocycles. The van der Waals surface area contributed by atoms with Crippen LogP contribution in [0.15, 0.2) is 47.6 Å². The van der Waals surface area contributed by atoms with E-state index in [0.717, 1.165) is 5.56 Å². The average molecular weight is 488 g/mol. The summed E-state index contributed by atoms with van der Waals surface area (Å²) in [6.07, 6.45) is 0. The van der Waals surface area contributed by atoms with Gasteiger partial charge in [-0.1, -0.05) is 35.5 Å². The van der Waals surface area contributed by atoms with Crippen LogP contribution in [-0.4, -0.2) is 63.3 Å². The van der Waals surface area contributed by atoms with Crippen LogP contribution in [0.25, 0.3) is 11.4 Å². The summed E-state index contributed by atoms with van der Waals surface area (Å²) in [6.45, 7) is 3.45. The van der Waals surface area contributed by atoms with Gasteiger partial charge in [-0.15, -0.1) is 10.2 Å². The Hall–Kier alpha value is -2.91. The normalized spacial score (nSPS) is 13.9. The van der Waals surface area contributed by atoms with Gasteiger partial charge in [0.1, 0.15) is 5.82 Å². The minimum Gasteiger partial charge on any atom is -0.366 e. The highest BCUT2D eigenvalue weighted by Crippen LogP contribution is 2.28. The first-order valence-corrected chi connectivity index (χ1v) is 11.8. The van der Waals surface area contributed by atoms with Gasteiger partial charge in [0.15, 0.2) is 16.8 Å². The number of thioether (sulfide) groups is 1. The van der Waals surface area contributed by atoms with E-state index in [4.69, 9.17) is 11.6 Å². The Labute approximate surface area is 200 Å².